The molecule has 4 heterocycles. The summed E-state index contributed by atoms with van der Waals surface area (Å²) in [5, 5.41) is 18.9. The summed E-state index contributed by atoms with van der Waals surface area (Å²) in [5.41, 5.74) is 3.82. The van der Waals surface area contributed by atoms with E-state index in [1.54, 1.807) is 0 Å². The number of hydrogen-bond donors (Lipinski definition) is 3. The lowest BCUT2D eigenvalue weighted by Gasteiger charge is -2.32. The van der Waals surface area contributed by atoms with Gasteiger partial charge in [0.05, 0.1) is 0 Å². The molecule has 2 aliphatic rings. The van der Waals surface area contributed by atoms with Gasteiger partial charge in [0.15, 0.2) is 11.6 Å². The average Bonchev–Trinajstić information content (AvgIpc) is 3.40. The van der Waals surface area contributed by atoms with Crippen molar-refractivity contribution in [2.75, 3.05) is 23.3 Å². The second-order valence-corrected chi connectivity index (χ2v) is 9.26. The summed E-state index contributed by atoms with van der Waals surface area (Å²) in [6.45, 7) is 3.52. The van der Waals surface area contributed by atoms with Crippen molar-refractivity contribution >= 4 is 29.0 Å². The summed E-state index contributed by atoms with van der Waals surface area (Å²) < 4.78 is 1.85. The molecule has 4 aromatic rings. The fourth-order valence-electron chi connectivity index (χ4n) is 4.59. The standard InChI is InChI=1S/C25H28N8O/c1-16-5-2-3-6-19(16)24(34)26-18-10-13-32(14-11-18)25-28-23(21-7-4-12-33(21)31-25)27-22-15-20(29-30-22)17-8-9-17/h2-7,12,15,17-18H,8-11,13-14H2,1H3,(H,26,34)(H2,27,28,29,30,31). The van der Waals surface area contributed by atoms with E-state index >= 15 is 0 Å². The van der Waals surface area contributed by atoms with E-state index in [1.807, 2.05) is 54.0 Å². The molecule has 0 atom stereocenters. The van der Waals surface area contributed by atoms with E-state index < -0.39 is 0 Å². The monoisotopic (exact) mass is 456 g/mol. The zero-order valence-corrected chi connectivity index (χ0v) is 19.2. The van der Waals surface area contributed by atoms with Crippen LogP contribution in [0.15, 0.2) is 48.7 Å². The maximum absolute atomic E-state index is 12.7. The molecule has 1 saturated heterocycles. The number of anilines is 3. The van der Waals surface area contributed by atoms with Gasteiger partial charge in [0.1, 0.15) is 5.52 Å². The number of rotatable bonds is 6. The van der Waals surface area contributed by atoms with Crippen LogP contribution in [0, 0.1) is 6.92 Å². The van der Waals surface area contributed by atoms with Crippen molar-refractivity contribution < 1.29 is 4.79 Å². The van der Waals surface area contributed by atoms with Gasteiger partial charge in [-0.1, -0.05) is 18.2 Å². The van der Waals surface area contributed by atoms with Gasteiger partial charge in [0.25, 0.3) is 5.91 Å². The molecule has 1 aliphatic carbocycles. The Morgan fingerprint density at radius 2 is 1.91 bits per heavy atom. The highest BCUT2D eigenvalue weighted by Crippen LogP contribution is 2.39. The Labute approximate surface area is 197 Å². The van der Waals surface area contributed by atoms with Crippen LogP contribution in [0.3, 0.4) is 0 Å². The van der Waals surface area contributed by atoms with Gasteiger partial charge in [-0.05, 0) is 56.4 Å². The fraction of sp³-hybridized carbons (Fsp3) is 0.360. The van der Waals surface area contributed by atoms with Crippen LogP contribution in [-0.4, -0.2) is 49.8 Å². The Balaban J connectivity index is 1.15. The Morgan fingerprint density at radius 1 is 1.09 bits per heavy atom. The summed E-state index contributed by atoms with van der Waals surface area (Å²) in [6, 6.07) is 13.9. The summed E-state index contributed by atoms with van der Waals surface area (Å²) in [5.74, 6) is 2.79. The number of aryl methyl sites for hydroxylation is 1. The lowest BCUT2D eigenvalue weighted by Crippen LogP contribution is -2.45. The highest BCUT2D eigenvalue weighted by molar-refractivity contribution is 5.95. The van der Waals surface area contributed by atoms with Crippen molar-refractivity contribution in [2.24, 2.45) is 0 Å². The number of piperidine rings is 1. The van der Waals surface area contributed by atoms with Crippen LogP contribution in [0.5, 0.6) is 0 Å². The molecule has 1 amide bonds. The SMILES string of the molecule is Cc1ccccc1C(=O)NC1CCN(c2nc(Nc3cc(C4CC4)[nH]n3)c3cccn3n2)CC1. The number of nitrogens with zero attached hydrogens (tertiary/aromatic N) is 5. The molecule has 9 heteroatoms. The van der Waals surface area contributed by atoms with Gasteiger partial charge in [-0.15, -0.1) is 5.10 Å². The lowest BCUT2D eigenvalue weighted by molar-refractivity contribution is 0.0930. The minimum absolute atomic E-state index is 0.00221. The van der Waals surface area contributed by atoms with Crippen molar-refractivity contribution in [3.05, 3.63) is 65.5 Å². The zero-order chi connectivity index (χ0) is 23.1. The van der Waals surface area contributed by atoms with Crippen LogP contribution in [0.1, 0.15) is 53.2 Å². The molecule has 174 valence electrons. The number of amides is 1. The van der Waals surface area contributed by atoms with Gasteiger partial charge >= 0.3 is 0 Å². The Bertz CT molecular complexity index is 1330. The number of carbonyl (C=O) groups excluding carboxylic acids is 1. The number of nitrogens with one attached hydrogen (secondary N) is 3. The molecule has 1 aromatic carbocycles. The summed E-state index contributed by atoms with van der Waals surface area (Å²) in [4.78, 5) is 19.7. The predicted octanol–water partition coefficient (Wildman–Crippen LogP) is 3.78. The number of hydrogen-bond acceptors (Lipinski definition) is 6. The highest BCUT2D eigenvalue weighted by Gasteiger charge is 2.26. The Hall–Kier alpha value is -3.88. The lowest BCUT2D eigenvalue weighted by atomic mass is 10.0. The molecule has 1 saturated carbocycles. The molecule has 0 spiro atoms. The van der Waals surface area contributed by atoms with Crippen LogP contribution >= 0.6 is 0 Å². The molecule has 0 unspecified atom stereocenters. The topological polar surface area (TPSA) is 103 Å². The fourth-order valence-corrected chi connectivity index (χ4v) is 4.59. The van der Waals surface area contributed by atoms with E-state index in [9.17, 15) is 4.79 Å². The maximum Gasteiger partial charge on any atom is 0.251 e. The first-order chi connectivity index (χ1) is 16.6. The molecular weight excluding hydrogens is 428 g/mol. The van der Waals surface area contributed by atoms with Crippen molar-refractivity contribution in [3.8, 4) is 0 Å². The first-order valence-electron chi connectivity index (χ1n) is 11.9. The number of fused-ring (bicyclic) bond motifs is 1. The van der Waals surface area contributed by atoms with Crippen LogP contribution in [-0.2, 0) is 0 Å². The molecule has 9 nitrogen and oxygen atoms in total. The van der Waals surface area contributed by atoms with Gasteiger partial charge in [0.2, 0.25) is 5.95 Å². The molecule has 0 radical (unpaired) electrons. The van der Waals surface area contributed by atoms with Crippen LogP contribution in [0.2, 0.25) is 0 Å². The Kier molecular flexibility index (Phi) is 5.16. The van der Waals surface area contributed by atoms with Crippen LogP contribution in [0.4, 0.5) is 17.6 Å². The molecule has 0 bridgehead atoms. The quantitative estimate of drug-likeness (QED) is 0.408. The first kappa shape index (κ1) is 20.7. The van der Waals surface area contributed by atoms with Gasteiger partial charge in [-0.2, -0.15) is 10.1 Å². The number of carbonyl (C=O) groups is 1. The summed E-state index contributed by atoms with van der Waals surface area (Å²) in [6.07, 6.45) is 6.07. The van der Waals surface area contributed by atoms with Gasteiger partial charge < -0.3 is 15.5 Å². The molecular formula is C25H28N8O. The van der Waals surface area contributed by atoms with E-state index in [0.717, 1.165) is 54.2 Å². The van der Waals surface area contributed by atoms with Gasteiger partial charge in [0, 0.05) is 48.6 Å². The molecule has 6 rings (SSSR count). The van der Waals surface area contributed by atoms with E-state index in [-0.39, 0.29) is 11.9 Å². The van der Waals surface area contributed by atoms with Crippen LogP contribution in [0.25, 0.3) is 5.52 Å². The smallest absolute Gasteiger partial charge is 0.251 e. The maximum atomic E-state index is 12.7. The number of H-pyrrole nitrogens is 1. The van der Waals surface area contributed by atoms with Crippen molar-refractivity contribution in [3.63, 3.8) is 0 Å². The van der Waals surface area contributed by atoms with Crippen molar-refractivity contribution in [1.82, 2.24) is 30.1 Å². The molecule has 1 aliphatic heterocycles. The number of benzene rings is 1. The second kappa shape index (κ2) is 8.48. The number of aromatic nitrogens is 5. The largest absolute Gasteiger partial charge is 0.349 e. The first-order valence-corrected chi connectivity index (χ1v) is 11.9. The van der Waals surface area contributed by atoms with Crippen LogP contribution < -0.4 is 15.5 Å². The summed E-state index contributed by atoms with van der Waals surface area (Å²) in [7, 11) is 0. The molecule has 2 fully saturated rings. The summed E-state index contributed by atoms with van der Waals surface area (Å²) >= 11 is 0. The molecule has 3 aromatic heterocycles. The van der Waals surface area contributed by atoms with E-state index in [0.29, 0.717) is 11.9 Å². The average molecular weight is 457 g/mol. The molecule has 34 heavy (non-hydrogen) atoms. The molecule has 3 N–H and O–H groups in total. The third kappa shape index (κ3) is 4.09. The Morgan fingerprint density at radius 3 is 2.71 bits per heavy atom. The number of aromatic amines is 1. The van der Waals surface area contributed by atoms with E-state index in [2.05, 4.69) is 31.8 Å². The van der Waals surface area contributed by atoms with Gasteiger partial charge in [-0.3, -0.25) is 9.89 Å². The zero-order valence-electron chi connectivity index (χ0n) is 19.2. The van der Waals surface area contributed by atoms with E-state index in [4.69, 9.17) is 10.1 Å². The minimum atomic E-state index is -0.00221. The van der Waals surface area contributed by atoms with Gasteiger partial charge in [-0.25, -0.2) is 4.52 Å². The third-order valence-corrected chi connectivity index (χ3v) is 6.74. The normalized spacial score (nSPS) is 16.7. The minimum Gasteiger partial charge on any atom is -0.349 e. The highest BCUT2D eigenvalue weighted by atomic mass is 16.1. The third-order valence-electron chi connectivity index (χ3n) is 6.74. The predicted molar refractivity (Wildman–Crippen MR) is 131 cm³/mol. The van der Waals surface area contributed by atoms with Crippen molar-refractivity contribution in [1.29, 1.82) is 0 Å². The van der Waals surface area contributed by atoms with Crippen molar-refractivity contribution in [2.45, 2.75) is 44.6 Å². The van der Waals surface area contributed by atoms with E-state index in [1.165, 1.54) is 18.5 Å². The second-order valence-electron chi connectivity index (χ2n) is 9.26.